The summed E-state index contributed by atoms with van der Waals surface area (Å²) in [6.07, 6.45) is 0.202. The summed E-state index contributed by atoms with van der Waals surface area (Å²) in [4.78, 5) is 41.4. The molecule has 0 saturated carbocycles. The van der Waals surface area contributed by atoms with Gasteiger partial charge in [-0.3, -0.25) is 19.4 Å². The van der Waals surface area contributed by atoms with Gasteiger partial charge in [0.2, 0.25) is 11.8 Å². The summed E-state index contributed by atoms with van der Waals surface area (Å²) in [5.74, 6) is -1.99. The van der Waals surface area contributed by atoms with E-state index in [4.69, 9.17) is 28.5 Å². The number of amides is 3. The number of rotatable bonds is 2. The van der Waals surface area contributed by atoms with Gasteiger partial charge in [-0.05, 0) is 50.2 Å². The lowest BCUT2D eigenvalue weighted by Crippen LogP contribution is -2.50. The van der Waals surface area contributed by atoms with Gasteiger partial charge in [-0.15, -0.1) is 0 Å². The van der Waals surface area contributed by atoms with Crippen LogP contribution in [-0.4, -0.2) is 39.3 Å². The molecule has 0 unspecified atom stereocenters. The lowest BCUT2D eigenvalue weighted by Gasteiger charge is -2.38. The maximum Gasteiger partial charge on any atom is 0.259 e. The molecule has 3 amide bonds. The zero-order valence-electron chi connectivity index (χ0n) is 17.3. The molecule has 3 aliphatic rings. The standard InChI is InChI=1S/C23H18Cl2N4O3/c1-23(2)10-16(30)28-20-18(19(29(23)28)17-14(24)4-3-5-15(17)25)21(31)27(22(20)32)13-8-6-12(11-26)7-9-13/h3-9,18-20H,10H2,1-2H3/t18-,19+,20+/m0/s1. The van der Waals surface area contributed by atoms with E-state index in [2.05, 4.69) is 0 Å². The van der Waals surface area contributed by atoms with E-state index in [-0.39, 0.29) is 12.3 Å². The molecule has 0 radical (unpaired) electrons. The smallest absolute Gasteiger partial charge is 0.259 e. The second-order valence-corrected chi connectivity index (χ2v) is 9.61. The number of nitrogens with zero attached hydrogens (tertiary/aromatic N) is 4. The van der Waals surface area contributed by atoms with Crippen molar-refractivity contribution in [2.75, 3.05) is 4.90 Å². The SMILES string of the molecule is CC1(C)CC(=O)N2[C@H]3C(=O)N(c4ccc(C#N)cc4)C(=O)[C@H]3[C@@H](c3c(Cl)cccc3Cl)N21. The number of imide groups is 1. The fourth-order valence-electron chi connectivity index (χ4n) is 5.17. The molecule has 162 valence electrons. The van der Waals surface area contributed by atoms with Gasteiger partial charge in [-0.1, -0.05) is 29.3 Å². The van der Waals surface area contributed by atoms with Crippen LogP contribution in [0.3, 0.4) is 0 Å². The zero-order valence-corrected chi connectivity index (χ0v) is 18.8. The number of halogens is 2. The van der Waals surface area contributed by atoms with Gasteiger partial charge < -0.3 is 0 Å². The summed E-state index contributed by atoms with van der Waals surface area (Å²) in [5, 5.41) is 13.0. The summed E-state index contributed by atoms with van der Waals surface area (Å²) in [6.45, 7) is 3.80. The molecule has 0 spiro atoms. The predicted molar refractivity (Wildman–Crippen MR) is 118 cm³/mol. The Morgan fingerprint density at radius 1 is 0.969 bits per heavy atom. The van der Waals surface area contributed by atoms with Gasteiger partial charge in [0, 0.05) is 27.6 Å². The molecule has 2 aromatic carbocycles. The second kappa shape index (κ2) is 7.04. The average molecular weight is 469 g/mol. The van der Waals surface area contributed by atoms with E-state index < -0.39 is 35.4 Å². The van der Waals surface area contributed by atoms with E-state index in [1.807, 2.05) is 24.9 Å². The molecule has 0 bridgehead atoms. The van der Waals surface area contributed by atoms with Crippen LogP contribution in [0, 0.1) is 17.2 Å². The van der Waals surface area contributed by atoms with Crippen molar-refractivity contribution in [2.45, 2.75) is 37.9 Å². The van der Waals surface area contributed by atoms with E-state index >= 15 is 0 Å². The number of nitriles is 1. The van der Waals surface area contributed by atoms with Crippen LogP contribution in [0.5, 0.6) is 0 Å². The van der Waals surface area contributed by atoms with Gasteiger partial charge >= 0.3 is 0 Å². The van der Waals surface area contributed by atoms with Crippen molar-refractivity contribution in [1.82, 2.24) is 10.0 Å². The summed E-state index contributed by atoms with van der Waals surface area (Å²) in [5.41, 5.74) is 0.666. The first-order valence-electron chi connectivity index (χ1n) is 10.1. The lowest BCUT2D eigenvalue weighted by molar-refractivity contribution is -0.146. The number of hydrogen-bond acceptors (Lipinski definition) is 5. The minimum absolute atomic E-state index is 0.202. The van der Waals surface area contributed by atoms with Gasteiger partial charge in [0.25, 0.3) is 5.91 Å². The molecule has 3 saturated heterocycles. The highest BCUT2D eigenvalue weighted by Gasteiger charge is 2.68. The monoisotopic (exact) mass is 468 g/mol. The zero-order chi connectivity index (χ0) is 22.9. The lowest BCUT2D eigenvalue weighted by atomic mass is 9.87. The quantitative estimate of drug-likeness (QED) is 0.627. The first kappa shape index (κ1) is 21.0. The maximum atomic E-state index is 13.7. The largest absolute Gasteiger partial charge is 0.274 e. The summed E-state index contributed by atoms with van der Waals surface area (Å²) in [7, 11) is 0. The fraction of sp³-hybridized carbons (Fsp3) is 0.304. The van der Waals surface area contributed by atoms with Crippen molar-refractivity contribution in [3.8, 4) is 6.07 Å². The first-order chi connectivity index (χ1) is 15.2. The van der Waals surface area contributed by atoms with Crippen molar-refractivity contribution in [3.05, 3.63) is 63.6 Å². The Balaban J connectivity index is 1.68. The molecule has 3 fully saturated rings. The van der Waals surface area contributed by atoms with E-state index in [0.717, 1.165) is 4.90 Å². The van der Waals surface area contributed by atoms with Crippen LogP contribution in [-0.2, 0) is 14.4 Å². The van der Waals surface area contributed by atoms with Crippen LogP contribution < -0.4 is 4.90 Å². The van der Waals surface area contributed by atoms with Crippen LogP contribution >= 0.6 is 23.2 Å². The molecular formula is C23H18Cl2N4O3. The highest BCUT2D eigenvalue weighted by molar-refractivity contribution is 6.36. The van der Waals surface area contributed by atoms with Crippen LogP contribution in [0.4, 0.5) is 5.69 Å². The van der Waals surface area contributed by atoms with Crippen molar-refractivity contribution in [2.24, 2.45) is 5.92 Å². The third kappa shape index (κ3) is 2.73. The molecular weight excluding hydrogens is 451 g/mol. The number of carbonyl (C=O) groups is 3. The molecule has 3 atom stereocenters. The minimum atomic E-state index is -0.982. The normalized spacial score (nSPS) is 26.5. The van der Waals surface area contributed by atoms with Crippen molar-refractivity contribution in [1.29, 1.82) is 5.26 Å². The highest BCUT2D eigenvalue weighted by atomic mass is 35.5. The van der Waals surface area contributed by atoms with Crippen LogP contribution in [0.2, 0.25) is 10.0 Å². The fourth-order valence-corrected chi connectivity index (χ4v) is 5.79. The van der Waals surface area contributed by atoms with E-state index in [1.165, 1.54) is 5.01 Å². The topological polar surface area (TPSA) is 84.7 Å². The Morgan fingerprint density at radius 3 is 2.19 bits per heavy atom. The number of fused-ring (bicyclic) bond motifs is 3. The Kier molecular flexibility index (Phi) is 4.61. The van der Waals surface area contributed by atoms with Gasteiger partial charge in [0.15, 0.2) is 0 Å². The molecule has 3 heterocycles. The first-order valence-corrected chi connectivity index (χ1v) is 10.9. The molecule has 0 aromatic heterocycles. The molecule has 3 aliphatic heterocycles. The second-order valence-electron chi connectivity index (χ2n) is 8.79. The minimum Gasteiger partial charge on any atom is -0.274 e. The molecule has 32 heavy (non-hydrogen) atoms. The Labute approximate surface area is 194 Å². The van der Waals surface area contributed by atoms with Gasteiger partial charge in [0.05, 0.1) is 29.3 Å². The van der Waals surface area contributed by atoms with Crippen molar-refractivity contribution in [3.63, 3.8) is 0 Å². The number of anilines is 1. The Hall–Kier alpha value is -2.92. The van der Waals surface area contributed by atoms with Gasteiger partial charge in [-0.2, -0.15) is 5.26 Å². The van der Waals surface area contributed by atoms with E-state index in [1.54, 1.807) is 42.5 Å². The molecule has 2 aromatic rings. The van der Waals surface area contributed by atoms with Gasteiger partial charge in [-0.25, -0.2) is 9.91 Å². The van der Waals surface area contributed by atoms with E-state index in [0.29, 0.717) is 26.9 Å². The molecule has 0 aliphatic carbocycles. The van der Waals surface area contributed by atoms with Crippen molar-refractivity contribution < 1.29 is 14.4 Å². The highest BCUT2D eigenvalue weighted by Crippen LogP contribution is 2.55. The number of hydrazine groups is 1. The summed E-state index contributed by atoms with van der Waals surface area (Å²) in [6, 6.07) is 11.6. The van der Waals surface area contributed by atoms with Crippen molar-refractivity contribution >= 4 is 46.6 Å². The predicted octanol–water partition coefficient (Wildman–Crippen LogP) is 3.71. The van der Waals surface area contributed by atoms with Crippen LogP contribution in [0.15, 0.2) is 42.5 Å². The summed E-state index contributed by atoms with van der Waals surface area (Å²) < 4.78 is 0. The average Bonchev–Trinajstić information content (AvgIpc) is 3.30. The van der Waals surface area contributed by atoms with Gasteiger partial charge in [0.1, 0.15) is 6.04 Å². The molecule has 0 N–H and O–H groups in total. The molecule has 5 rings (SSSR count). The van der Waals surface area contributed by atoms with Crippen LogP contribution in [0.1, 0.15) is 37.4 Å². The van der Waals surface area contributed by atoms with E-state index in [9.17, 15) is 14.4 Å². The number of hydrogen-bond donors (Lipinski definition) is 0. The number of benzene rings is 2. The molecule has 7 nitrogen and oxygen atoms in total. The Morgan fingerprint density at radius 2 is 1.59 bits per heavy atom. The third-order valence-electron chi connectivity index (χ3n) is 6.43. The Bertz CT molecular complexity index is 1200. The number of carbonyl (C=O) groups excluding carboxylic acids is 3. The molecule has 9 heteroatoms. The van der Waals surface area contributed by atoms with Crippen LogP contribution in [0.25, 0.3) is 0 Å². The third-order valence-corrected chi connectivity index (χ3v) is 7.09. The summed E-state index contributed by atoms with van der Waals surface area (Å²) >= 11 is 13.1. The maximum absolute atomic E-state index is 13.7.